The molecule has 55 heavy (non-hydrogen) atoms. The average Bonchev–Trinajstić information content (AvgIpc) is 3.94. The van der Waals surface area contributed by atoms with Crippen molar-refractivity contribution in [3.63, 3.8) is 0 Å². The number of ether oxygens (including phenoxy) is 2. The Balaban J connectivity index is 0.976. The molecule has 2 aliphatic carbocycles. The molecule has 8 rings (SSSR count). The van der Waals surface area contributed by atoms with E-state index in [-0.39, 0.29) is 30.9 Å². The maximum Gasteiger partial charge on any atom is 0.407 e. The number of aromatic nitrogens is 4. The first-order valence-corrected chi connectivity index (χ1v) is 18.8. The Bertz CT molecular complexity index is 2270. The minimum atomic E-state index is -0.652. The Morgan fingerprint density at radius 3 is 2.20 bits per heavy atom. The number of rotatable bonds is 9. The molecule has 284 valence electrons. The molecule has 1 aliphatic heterocycles. The van der Waals surface area contributed by atoms with Gasteiger partial charge in [-0.15, -0.1) is 0 Å². The van der Waals surface area contributed by atoms with E-state index in [4.69, 9.17) is 9.97 Å². The molecule has 2 fully saturated rings. The van der Waals surface area contributed by atoms with Crippen molar-refractivity contribution in [1.82, 2.24) is 40.8 Å². The van der Waals surface area contributed by atoms with Crippen LogP contribution < -0.4 is 16.0 Å². The number of fused-ring (bicyclic) bond motifs is 4. The number of nitrogens with one attached hydrogen (secondary N) is 5. The first-order chi connectivity index (χ1) is 26.7. The van der Waals surface area contributed by atoms with Gasteiger partial charge in [0.25, 0.3) is 0 Å². The van der Waals surface area contributed by atoms with Crippen LogP contribution in [0.2, 0.25) is 0 Å². The number of aromatic amines is 2. The molecule has 3 aliphatic rings. The molecular formula is C41H44N8O6. The quantitative estimate of drug-likeness (QED) is 0.128. The highest BCUT2D eigenvalue weighted by molar-refractivity contribution is 5.85. The molecule has 1 saturated heterocycles. The van der Waals surface area contributed by atoms with Gasteiger partial charge in [-0.3, -0.25) is 9.59 Å². The number of alkyl carbamates (subject to hydrolysis) is 2. The number of benzene rings is 3. The molecular weight excluding hydrogens is 701 g/mol. The molecule has 14 heteroatoms. The van der Waals surface area contributed by atoms with Crippen LogP contribution in [-0.2, 0) is 37.4 Å². The number of aryl methyl sites for hydroxylation is 2. The summed E-state index contributed by atoms with van der Waals surface area (Å²) in [4.78, 5) is 67.3. The van der Waals surface area contributed by atoms with Gasteiger partial charge in [-0.25, -0.2) is 19.6 Å². The lowest BCUT2D eigenvalue weighted by atomic mass is 9.76. The highest BCUT2D eigenvalue weighted by Gasteiger charge is 2.43. The first kappa shape index (κ1) is 35.8. The monoisotopic (exact) mass is 744 g/mol. The van der Waals surface area contributed by atoms with E-state index in [1.54, 1.807) is 4.90 Å². The molecule has 0 unspecified atom stereocenters. The fraction of sp³-hybridized carbons (Fsp3) is 0.366. The minimum absolute atomic E-state index is 0.111. The van der Waals surface area contributed by atoms with Gasteiger partial charge in [0.05, 0.1) is 42.5 Å². The van der Waals surface area contributed by atoms with E-state index in [1.165, 1.54) is 19.8 Å². The van der Waals surface area contributed by atoms with Gasteiger partial charge in [0.15, 0.2) is 0 Å². The van der Waals surface area contributed by atoms with Crippen LogP contribution in [0.1, 0.15) is 67.5 Å². The van der Waals surface area contributed by atoms with Crippen molar-refractivity contribution in [2.75, 3.05) is 33.9 Å². The van der Waals surface area contributed by atoms with Crippen molar-refractivity contribution >= 4 is 35.0 Å². The number of nitrogens with zero attached hydrogens (tertiary/aromatic N) is 3. The standard InChI is InChI=1S/C41H44N8O6/c1-54-39(52)42-22-34(50)48-41(17-5-18-41)38-45-30-16-14-27(21-32(30)46-38)25-11-9-24(10-12-25)26-13-15-29-28(20-26)6-3-7-31-36(29)47-37(44-31)33-8-4-19-49(33)35(51)23-43-40(53)55-2/h9-16,20-21,33H,3-8,17-19,22-23H2,1-2H3,(H,42,52)(H,43,53)(H,44,47)(H,45,46)(H,48,50)/t33-/m0/s1. The zero-order chi connectivity index (χ0) is 38.1. The maximum absolute atomic E-state index is 13.0. The Hall–Kier alpha value is -6.18. The number of carbonyl (C=O) groups is 4. The van der Waals surface area contributed by atoms with Gasteiger partial charge in [-0.05, 0) is 91.3 Å². The zero-order valence-corrected chi connectivity index (χ0v) is 30.9. The van der Waals surface area contributed by atoms with Crippen molar-refractivity contribution in [2.45, 2.75) is 62.9 Å². The normalized spacial score (nSPS) is 17.0. The summed E-state index contributed by atoms with van der Waals surface area (Å²) in [6, 6.07) is 21.1. The van der Waals surface area contributed by atoms with Crippen LogP contribution in [0.4, 0.5) is 9.59 Å². The van der Waals surface area contributed by atoms with Crippen molar-refractivity contribution < 1.29 is 28.7 Å². The number of imidazole rings is 2. The second-order valence-corrected chi connectivity index (χ2v) is 14.5. The van der Waals surface area contributed by atoms with Crippen LogP contribution >= 0.6 is 0 Å². The zero-order valence-electron chi connectivity index (χ0n) is 30.9. The molecule has 2 aromatic heterocycles. The van der Waals surface area contributed by atoms with Gasteiger partial charge in [-0.2, -0.15) is 0 Å². The molecule has 0 bridgehead atoms. The summed E-state index contributed by atoms with van der Waals surface area (Å²) in [5.74, 6) is 1.06. The van der Waals surface area contributed by atoms with Gasteiger partial charge in [0.2, 0.25) is 11.8 Å². The predicted octanol–water partition coefficient (Wildman–Crippen LogP) is 5.65. The van der Waals surface area contributed by atoms with E-state index in [0.717, 1.165) is 113 Å². The number of carbonyl (C=O) groups excluding carboxylic acids is 4. The van der Waals surface area contributed by atoms with Gasteiger partial charge >= 0.3 is 12.2 Å². The SMILES string of the molecule is COC(=O)NCC(=O)NC1(c2nc3ccc(-c4ccc(-c5ccc6c(c5)CCCc5[nH]c([C@@H]7CCCN7C(=O)CNC(=O)OC)nc5-6)cc4)cc3[nH]2)CCC1. The van der Waals surface area contributed by atoms with E-state index >= 15 is 0 Å². The van der Waals surface area contributed by atoms with E-state index in [9.17, 15) is 19.2 Å². The molecule has 14 nitrogen and oxygen atoms in total. The molecule has 0 radical (unpaired) electrons. The lowest BCUT2D eigenvalue weighted by Crippen LogP contribution is -2.53. The molecule has 5 N–H and O–H groups in total. The summed E-state index contributed by atoms with van der Waals surface area (Å²) >= 11 is 0. The molecule has 1 saturated carbocycles. The van der Waals surface area contributed by atoms with E-state index in [0.29, 0.717) is 6.54 Å². The van der Waals surface area contributed by atoms with Crippen LogP contribution in [0.25, 0.3) is 44.5 Å². The Morgan fingerprint density at radius 1 is 0.800 bits per heavy atom. The third-order valence-electron chi connectivity index (χ3n) is 11.1. The fourth-order valence-corrected chi connectivity index (χ4v) is 8.09. The second kappa shape index (κ2) is 14.9. The number of hydrogen-bond donors (Lipinski definition) is 5. The summed E-state index contributed by atoms with van der Waals surface area (Å²) in [6.45, 7) is 0.341. The molecule has 5 aromatic rings. The Kier molecular flexibility index (Phi) is 9.72. The molecule has 3 heterocycles. The van der Waals surface area contributed by atoms with Crippen molar-refractivity contribution in [3.8, 4) is 33.5 Å². The number of likely N-dealkylation sites (tertiary alicyclic amines) is 1. The van der Waals surface area contributed by atoms with Crippen LogP contribution in [-0.4, -0.2) is 82.7 Å². The second-order valence-electron chi connectivity index (χ2n) is 14.5. The topological polar surface area (TPSA) is 183 Å². The van der Waals surface area contributed by atoms with Crippen LogP contribution in [0.5, 0.6) is 0 Å². The summed E-state index contributed by atoms with van der Waals surface area (Å²) < 4.78 is 9.19. The van der Waals surface area contributed by atoms with Crippen molar-refractivity contribution in [1.29, 1.82) is 0 Å². The number of H-pyrrole nitrogens is 2. The molecule has 4 amide bonds. The highest BCUT2D eigenvalue weighted by atomic mass is 16.5. The number of methoxy groups -OCH3 is 2. The van der Waals surface area contributed by atoms with Crippen LogP contribution in [0.3, 0.4) is 0 Å². The number of hydrogen-bond acceptors (Lipinski definition) is 8. The van der Waals surface area contributed by atoms with Crippen molar-refractivity contribution in [2.24, 2.45) is 0 Å². The first-order valence-electron chi connectivity index (χ1n) is 18.8. The van der Waals surface area contributed by atoms with Crippen molar-refractivity contribution in [3.05, 3.63) is 83.6 Å². The number of amides is 4. The smallest absolute Gasteiger partial charge is 0.407 e. The van der Waals surface area contributed by atoms with Gasteiger partial charge in [-0.1, -0.05) is 48.5 Å². The van der Waals surface area contributed by atoms with Gasteiger partial charge in [0.1, 0.15) is 24.7 Å². The lowest BCUT2D eigenvalue weighted by Gasteiger charge is -2.40. The fourth-order valence-electron chi connectivity index (χ4n) is 8.09. The van der Waals surface area contributed by atoms with E-state index in [1.807, 2.05) is 6.07 Å². The van der Waals surface area contributed by atoms with Gasteiger partial charge in [0, 0.05) is 17.8 Å². The Morgan fingerprint density at radius 2 is 1.49 bits per heavy atom. The highest BCUT2D eigenvalue weighted by Crippen LogP contribution is 2.41. The lowest BCUT2D eigenvalue weighted by molar-refractivity contribution is -0.131. The maximum atomic E-state index is 13.0. The average molecular weight is 745 g/mol. The predicted molar refractivity (Wildman–Crippen MR) is 205 cm³/mol. The summed E-state index contributed by atoms with van der Waals surface area (Å²) in [5.41, 5.74) is 9.92. The van der Waals surface area contributed by atoms with Crippen LogP contribution in [0.15, 0.2) is 60.7 Å². The third kappa shape index (κ3) is 7.11. The summed E-state index contributed by atoms with van der Waals surface area (Å²) in [7, 11) is 2.54. The van der Waals surface area contributed by atoms with E-state index < -0.39 is 17.7 Å². The molecule has 0 spiro atoms. The molecule has 1 atom stereocenters. The van der Waals surface area contributed by atoms with Gasteiger partial charge < -0.3 is 40.3 Å². The van der Waals surface area contributed by atoms with Crippen LogP contribution in [0, 0.1) is 0 Å². The third-order valence-corrected chi connectivity index (χ3v) is 11.1. The van der Waals surface area contributed by atoms with E-state index in [2.05, 4.69) is 90.0 Å². The summed E-state index contributed by atoms with van der Waals surface area (Å²) in [6.07, 6.45) is 5.70. The Labute approximate surface area is 317 Å². The minimum Gasteiger partial charge on any atom is -0.453 e. The summed E-state index contributed by atoms with van der Waals surface area (Å²) in [5, 5.41) is 8.00. The largest absolute Gasteiger partial charge is 0.453 e. The molecule has 3 aromatic carbocycles.